The Hall–Kier alpha value is -0.890. The van der Waals surface area contributed by atoms with Crippen LogP contribution in [0.15, 0.2) is 24.3 Å². The van der Waals surface area contributed by atoms with Crippen molar-refractivity contribution in [3.05, 3.63) is 35.6 Å². The Morgan fingerprint density at radius 2 is 2.22 bits per heavy atom. The SMILES string of the molecule is CC1CCCC(CN[C@H](C)c2cccc(F)c2)C1. The molecule has 18 heavy (non-hydrogen) atoms. The second-order valence-corrected chi connectivity index (χ2v) is 5.82. The van der Waals surface area contributed by atoms with E-state index in [0.29, 0.717) is 0 Å². The summed E-state index contributed by atoms with van der Waals surface area (Å²) in [5.74, 6) is 1.52. The monoisotopic (exact) mass is 249 g/mol. The van der Waals surface area contributed by atoms with Crippen LogP contribution in [0.3, 0.4) is 0 Å². The minimum Gasteiger partial charge on any atom is -0.310 e. The third kappa shape index (κ3) is 3.81. The first-order valence-electron chi connectivity index (χ1n) is 7.14. The molecule has 1 aliphatic rings. The highest BCUT2D eigenvalue weighted by molar-refractivity contribution is 5.19. The van der Waals surface area contributed by atoms with E-state index in [1.165, 1.54) is 31.7 Å². The molecule has 2 heteroatoms. The van der Waals surface area contributed by atoms with E-state index in [4.69, 9.17) is 0 Å². The maximum atomic E-state index is 13.1. The van der Waals surface area contributed by atoms with E-state index in [0.717, 1.165) is 23.9 Å². The molecule has 0 amide bonds. The van der Waals surface area contributed by atoms with Crippen LogP contribution in [0.1, 0.15) is 51.1 Å². The molecule has 2 rings (SSSR count). The average molecular weight is 249 g/mol. The van der Waals surface area contributed by atoms with Gasteiger partial charge in [0, 0.05) is 6.04 Å². The van der Waals surface area contributed by atoms with Gasteiger partial charge in [-0.15, -0.1) is 0 Å². The third-order valence-corrected chi connectivity index (χ3v) is 4.11. The van der Waals surface area contributed by atoms with Crippen LogP contribution in [-0.4, -0.2) is 6.54 Å². The molecular weight excluding hydrogens is 225 g/mol. The summed E-state index contributed by atoms with van der Waals surface area (Å²) >= 11 is 0. The second-order valence-electron chi connectivity index (χ2n) is 5.82. The highest BCUT2D eigenvalue weighted by Crippen LogP contribution is 2.28. The summed E-state index contributed by atoms with van der Waals surface area (Å²) in [5.41, 5.74) is 1.04. The molecule has 1 saturated carbocycles. The van der Waals surface area contributed by atoms with Gasteiger partial charge in [-0.2, -0.15) is 0 Å². The first-order valence-corrected chi connectivity index (χ1v) is 7.14. The normalized spacial score (nSPS) is 25.9. The van der Waals surface area contributed by atoms with Gasteiger partial charge in [-0.25, -0.2) is 4.39 Å². The van der Waals surface area contributed by atoms with E-state index in [9.17, 15) is 4.39 Å². The number of benzene rings is 1. The summed E-state index contributed by atoms with van der Waals surface area (Å²) in [6.45, 7) is 5.52. The van der Waals surface area contributed by atoms with Crippen molar-refractivity contribution in [2.24, 2.45) is 11.8 Å². The topological polar surface area (TPSA) is 12.0 Å². The van der Waals surface area contributed by atoms with Crippen LogP contribution in [0.4, 0.5) is 4.39 Å². The maximum absolute atomic E-state index is 13.1. The number of hydrogen-bond acceptors (Lipinski definition) is 1. The first kappa shape index (κ1) is 13.5. The summed E-state index contributed by atoms with van der Waals surface area (Å²) in [5, 5.41) is 3.55. The van der Waals surface area contributed by atoms with Gasteiger partial charge < -0.3 is 5.32 Å². The van der Waals surface area contributed by atoms with Crippen molar-refractivity contribution < 1.29 is 4.39 Å². The van der Waals surface area contributed by atoms with Gasteiger partial charge in [0.2, 0.25) is 0 Å². The Morgan fingerprint density at radius 1 is 1.39 bits per heavy atom. The first-order chi connectivity index (χ1) is 8.65. The Balaban J connectivity index is 1.82. The molecule has 1 aromatic rings. The molecule has 1 aliphatic carbocycles. The van der Waals surface area contributed by atoms with Crippen molar-refractivity contribution in [1.82, 2.24) is 5.32 Å². The van der Waals surface area contributed by atoms with E-state index in [-0.39, 0.29) is 11.9 Å². The lowest BCUT2D eigenvalue weighted by Gasteiger charge is -2.28. The second kappa shape index (κ2) is 6.33. The fourth-order valence-corrected chi connectivity index (χ4v) is 2.98. The maximum Gasteiger partial charge on any atom is 0.123 e. The fraction of sp³-hybridized carbons (Fsp3) is 0.625. The molecule has 0 spiro atoms. The van der Waals surface area contributed by atoms with Gasteiger partial charge in [-0.3, -0.25) is 0 Å². The van der Waals surface area contributed by atoms with Crippen LogP contribution in [0.5, 0.6) is 0 Å². The predicted octanol–water partition coefficient (Wildman–Crippen LogP) is 4.30. The van der Waals surface area contributed by atoms with Gasteiger partial charge in [0.25, 0.3) is 0 Å². The number of hydrogen-bond donors (Lipinski definition) is 1. The standard InChI is InChI=1S/C16H24FN/c1-12-5-3-6-14(9-12)11-18-13(2)15-7-4-8-16(17)10-15/h4,7-8,10,12-14,18H,3,5-6,9,11H2,1-2H3/t12?,13-,14?/m1/s1. The lowest BCUT2D eigenvalue weighted by molar-refractivity contribution is 0.268. The molecule has 0 heterocycles. The summed E-state index contributed by atoms with van der Waals surface area (Å²) in [6.07, 6.45) is 5.42. The molecule has 0 saturated heterocycles. The van der Waals surface area contributed by atoms with Crippen molar-refractivity contribution in [1.29, 1.82) is 0 Å². The van der Waals surface area contributed by atoms with Gasteiger partial charge >= 0.3 is 0 Å². The van der Waals surface area contributed by atoms with E-state index in [1.807, 2.05) is 6.07 Å². The molecule has 2 unspecified atom stereocenters. The predicted molar refractivity (Wildman–Crippen MR) is 73.9 cm³/mol. The van der Waals surface area contributed by atoms with Crippen molar-refractivity contribution >= 4 is 0 Å². The molecule has 0 bridgehead atoms. The fourth-order valence-electron chi connectivity index (χ4n) is 2.98. The molecule has 100 valence electrons. The zero-order valence-corrected chi connectivity index (χ0v) is 11.5. The van der Waals surface area contributed by atoms with Gasteiger partial charge in [0.1, 0.15) is 5.82 Å². The molecule has 1 nitrogen and oxygen atoms in total. The van der Waals surface area contributed by atoms with Gasteiger partial charge in [0.05, 0.1) is 0 Å². The quantitative estimate of drug-likeness (QED) is 0.838. The Bertz CT molecular complexity index is 377. The van der Waals surface area contributed by atoms with Crippen LogP contribution in [0.2, 0.25) is 0 Å². The average Bonchev–Trinajstić information content (AvgIpc) is 2.36. The van der Waals surface area contributed by atoms with Crippen molar-refractivity contribution in [2.45, 2.75) is 45.6 Å². The molecular formula is C16H24FN. The van der Waals surface area contributed by atoms with E-state index in [1.54, 1.807) is 12.1 Å². The largest absolute Gasteiger partial charge is 0.310 e. The van der Waals surface area contributed by atoms with Gasteiger partial charge in [-0.05, 0) is 55.8 Å². The molecule has 0 aromatic heterocycles. The van der Waals surface area contributed by atoms with Crippen molar-refractivity contribution in [3.63, 3.8) is 0 Å². The highest BCUT2D eigenvalue weighted by atomic mass is 19.1. The van der Waals surface area contributed by atoms with Crippen LogP contribution < -0.4 is 5.32 Å². The van der Waals surface area contributed by atoms with E-state index in [2.05, 4.69) is 19.2 Å². The number of nitrogens with one attached hydrogen (secondary N) is 1. The van der Waals surface area contributed by atoms with E-state index >= 15 is 0 Å². The molecule has 0 aliphatic heterocycles. The van der Waals surface area contributed by atoms with Crippen LogP contribution in [0.25, 0.3) is 0 Å². The smallest absolute Gasteiger partial charge is 0.123 e. The van der Waals surface area contributed by atoms with Crippen LogP contribution >= 0.6 is 0 Å². The van der Waals surface area contributed by atoms with Crippen molar-refractivity contribution in [2.75, 3.05) is 6.54 Å². The zero-order valence-electron chi connectivity index (χ0n) is 11.5. The number of rotatable bonds is 4. The van der Waals surface area contributed by atoms with Crippen LogP contribution in [0, 0.1) is 17.7 Å². The molecule has 3 atom stereocenters. The number of halogens is 1. The molecule has 1 aromatic carbocycles. The van der Waals surface area contributed by atoms with E-state index < -0.39 is 0 Å². The summed E-state index contributed by atoms with van der Waals surface area (Å²) in [6, 6.07) is 7.13. The molecule has 0 radical (unpaired) electrons. The summed E-state index contributed by atoms with van der Waals surface area (Å²) in [4.78, 5) is 0. The van der Waals surface area contributed by atoms with Gasteiger partial charge in [0.15, 0.2) is 0 Å². The summed E-state index contributed by atoms with van der Waals surface area (Å²) in [7, 11) is 0. The van der Waals surface area contributed by atoms with Crippen molar-refractivity contribution in [3.8, 4) is 0 Å². The molecule has 1 N–H and O–H groups in total. The van der Waals surface area contributed by atoms with Crippen LogP contribution in [-0.2, 0) is 0 Å². The Morgan fingerprint density at radius 3 is 2.94 bits per heavy atom. The Kier molecular flexibility index (Phi) is 4.76. The molecule has 1 fully saturated rings. The lowest BCUT2D eigenvalue weighted by Crippen LogP contribution is -2.28. The summed E-state index contributed by atoms with van der Waals surface area (Å²) < 4.78 is 13.1. The minimum atomic E-state index is -0.146. The zero-order chi connectivity index (χ0) is 13.0. The third-order valence-electron chi connectivity index (χ3n) is 4.11. The Labute approximate surface area is 110 Å². The highest BCUT2D eigenvalue weighted by Gasteiger charge is 2.19. The van der Waals surface area contributed by atoms with Gasteiger partial charge in [-0.1, -0.05) is 31.9 Å². The lowest BCUT2D eigenvalue weighted by atomic mass is 9.82. The minimum absolute atomic E-state index is 0.146.